The highest BCUT2D eigenvalue weighted by Gasteiger charge is 2.07. The maximum Gasteiger partial charge on any atom is 0.322 e. The normalized spacial score (nSPS) is 11.0. The number of ether oxygens (including phenoxy) is 1. The molecular formula is C15H17BrFN3O. The molecule has 0 radical (unpaired) electrons. The summed E-state index contributed by atoms with van der Waals surface area (Å²) in [6.45, 7) is 6.76. The minimum absolute atomic E-state index is 0.211. The van der Waals surface area contributed by atoms with E-state index in [1.165, 1.54) is 6.07 Å². The quantitative estimate of drug-likeness (QED) is 0.883. The van der Waals surface area contributed by atoms with Crippen molar-refractivity contribution in [1.82, 2.24) is 15.3 Å². The molecule has 0 aliphatic rings. The van der Waals surface area contributed by atoms with Crippen LogP contribution in [-0.4, -0.2) is 16.0 Å². The molecule has 0 spiro atoms. The lowest BCUT2D eigenvalue weighted by molar-refractivity contribution is 0.434. The van der Waals surface area contributed by atoms with Crippen LogP contribution in [0.15, 0.2) is 28.9 Å². The molecule has 1 aromatic heterocycles. The number of hydrogen-bond acceptors (Lipinski definition) is 4. The highest BCUT2D eigenvalue weighted by molar-refractivity contribution is 9.10. The zero-order chi connectivity index (χ0) is 15.4. The lowest BCUT2D eigenvalue weighted by Gasteiger charge is -2.11. The van der Waals surface area contributed by atoms with Crippen LogP contribution in [0.3, 0.4) is 0 Å². The maximum atomic E-state index is 13.4. The smallest absolute Gasteiger partial charge is 0.322 e. The third-order valence-corrected chi connectivity index (χ3v) is 3.50. The Morgan fingerprint density at radius 2 is 2.14 bits per heavy atom. The Labute approximate surface area is 131 Å². The summed E-state index contributed by atoms with van der Waals surface area (Å²) in [7, 11) is 0. The molecule has 0 saturated heterocycles. The molecule has 112 valence electrons. The molecule has 1 aromatic carbocycles. The third kappa shape index (κ3) is 4.47. The van der Waals surface area contributed by atoms with Gasteiger partial charge in [0, 0.05) is 36.1 Å². The van der Waals surface area contributed by atoms with Gasteiger partial charge in [-0.1, -0.05) is 13.8 Å². The van der Waals surface area contributed by atoms with E-state index in [-0.39, 0.29) is 11.8 Å². The second kappa shape index (κ2) is 6.95. The molecule has 0 atom stereocenters. The first kappa shape index (κ1) is 15.9. The van der Waals surface area contributed by atoms with Gasteiger partial charge >= 0.3 is 6.01 Å². The van der Waals surface area contributed by atoms with Gasteiger partial charge in [0.05, 0.1) is 4.47 Å². The molecule has 2 aromatic rings. The molecule has 4 nitrogen and oxygen atoms in total. The molecule has 0 unspecified atom stereocenters. The van der Waals surface area contributed by atoms with Crippen molar-refractivity contribution in [2.45, 2.75) is 33.4 Å². The zero-order valence-electron chi connectivity index (χ0n) is 12.2. The summed E-state index contributed by atoms with van der Waals surface area (Å²) in [6, 6.07) is 5.13. The highest BCUT2D eigenvalue weighted by Crippen LogP contribution is 2.24. The first-order valence-corrected chi connectivity index (χ1v) is 7.44. The van der Waals surface area contributed by atoms with Crippen molar-refractivity contribution in [3.05, 3.63) is 45.9 Å². The van der Waals surface area contributed by atoms with Gasteiger partial charge in [-0.15, -0.1) is 0 Å². The van der Waals surface area contributed by atoms with E-state index in [1.54, 1.807) is 18.3 Å². The molecule has 6 heteroatoms. The lowest BCUT2D eigenvalue weighted by Crippen LogP contribution is -2.22. The van der Waals surface area contributed by atoms with Crippen LogP contribution < -0.4 is 10.1 Å². The van der Waals surface area contributed by atoms with Crippen LogP contribution in [0.2, 0.25) is 0 Å². The predicted octanol–water partition coefficient (Wildman–Crippen LogP) is 3.98. The number of benzene rings is 1. The molecule has 2 rings (SSSR count). The van der Waals surface area contributed by atoms with Crippen molar-refractivity contribution in [2.75, 3.05) is 0 Å². The topological polar surface area (TPSA) is 47.0 Å². The third-order valence-electron chi connectivity index (χ3n) is 2.86. The largest absolute Gasteiger partial charge is 0.424 e. The number of nitrogens with one attached hydrogen (secondary N) is 1. The van der Waals surface area contributed by atoms with E-state index in [1.807, 2.05) is 6.92 Å². The van der Waals surface area contributed by atoms with Crippen LogP contribution in [-0.2, 0) is 6.54 Å². The summed E-state index contributed by atoms with van der Waals surface area (Å²) in [6.07, 6.45) is 1.72. The Bertz CT molecular complexity index is 634. The van der Waals surface area contributed by atoms with Gasteiger partial charge in [0.25, 0.3) is 0 Å². The van der Waals surface area contributed by atoms with Crippen molar-refractivity contribution >= 4 is 15.9 Å². The van der Waals surface area contributed by atoms with E-state index in [9.17, 15) is 4.39 Å². The summed E-state index contributed by atoms with van der Waals surface area (Å²) in [5.41, 5.74) is 1.85. The lowest BCUT2D eigenvalue weighted by atomic mass is 10.2. The Balaban J connectivity index is 2.10. The molecule has 0 amide bonds. The molecule has 0 aliphatic carbocycles. The Kier molecular flexibility index (Phi) is 5.25. The molecule has 1 N–H and O–H groups in total. The van der Waals surface area contributed by atoms with Crippen LogP contribution in [0.1, 0.15) is 25.1 Å². The van der Waals surface area contributed by atoms with E-state index in [0.717, 1.165) is 11.3 Å². The molecule has 0 fully saturated rings. The number of aromatic nitrogens is 2. The predicted molar refractivity (Wildman–Crippen MR) is 82.9 cm³/mol. The van der Waals surface area contributed by atoms with E-state index in [4.69, 9.17) is 4.74 Å². The van der Waals surface area contributed by atoms with Crippen LogP contribution in [0, 0.1) is 12.7 Å². The van der Waals surface area contributed by atoms with Crippen LogP contribution in [0.25, 0.3) is 0 Å². The number of rotatable bonds is 5. The highest BCUT2D eigenvalue weighted by atomic mass is 79.9. The fourth-order valence-corrected chi connectivity index (χ4v) is 1.90. The maximum absolute atomic E-state index is 13.4. The van der Waals surface area contributed by atoms with Gasteiger partial charge < -0.3 is 10.1 Å². The number of halogens is 2. The van der Waals surface area contributed by atoms with Crippen molar-refractivity contribution in [1.29, 1.82) is 0 Å². The molecule has 0 saturated carbocycles. The number of hydrogen-bond donors (Lipinski definition) is 1. The first-order chi connectivity index (χ1) is 9.95. The summed E-state index contributed by atoms with van der Waals surface area (Å²) in [5, 5.41) is 3.31. The van der Waals surface area contributed by atoms with Crippen LogP contribution in [0.4, 0.5) is 4.39 Å². The molecular weight excluding hydrogens is 337 g/mol. The summed E-state index contributed by atoms with van der Waals surface area (Å²) in [4.78, 5) is 8.45. The number of nitrogens with zero attached hydrogens (tertiary/aromatic N) is 2. The Morgan fingerprint density at radius 1 is 1.38 bits per heavy atom. The van der Waals surface area contributed by atoms with Crippen LogP contribution in [0.5, 0.6) is 11.8 Å². The monoisotopic (exact) mass is 353 g/mol. The van der Waals surface area contributed by atoms with Crippen molar-refractivity contribution in [2.24, 2.45) is 0 Å². The summed E-state index contributed by atoms with van der Waals surface area (Å²) < 4.78 is 19.3. The minimum Gasteiger partial charge on any atom is -0.424 e. The van der Waals surface area contributed by atoms with Crippen molar-refractivity contribution in [3.63, 3.8) is 0 Å². The van der Waals surface area contributed by atoms with E-state index in [2.05, 4.69) is 45.1 Å². The van der Waals surface area contributed by atoms with Gasteiger partial charge in [-0.3, -0.25) is 0 Å². The molecule has 21 heavy (non-hydrogen) atoms. The molecule has 0 aliphatic heterocycles. The Morgan fingerprint density at radius 3 is 2.76 bits per heavy atom. The SMILES string of the molecule is Cc1nc(Oc2ccc(Br)c(F)c2)ncc1CNC(C)C. The van der Waals surface area contributed by atoms with E-state index in [0.29, 0.717) is 22.8 Å². The Hall–Kier alpha value is -1.53. The van der Waals surface area contributed by atoms with Gasteiger partial charge in [0.15, 0.2) is 0 Å². The second-order valence-electron chi connectivity index (χ2n) is 4.98. The first-order valence-electron chi connectivity index (χ1n) is 6.64. The zero-order valence-corrected chi connectivity index (χ0v) is 13.7. The van der Waals surface area contributed by atoms with Crippen molar-refractivity contribution < 1.29 is 9.13 Å². The van der Waals surface area contributed by atoms with Crippen LogP contribution >= 0.6 is 15.9 Å². The van der Waals surface area contributed by atoms with Gasteiger partial charge in [0.2, 0.25) is 0 Å². The molecule has 1 heterocycles. The van der Waals surface area contributed by atoms with E-state index >= 15 is 0 Å². The van der Waals surface area contributed by atoms with E-state index < -0.39 is 0 Å². The van der Waals surface area contributed by atoms with Gasteiger partial charge in [-0.25, -0.2) is 9.37 Å². The average molecular weight is 354 g/mol. The standard InChI is InChI=1S/C15H17BrFN3O/c1-9(2)18-7-11-8-19-15(20-10(11)3)21-12-4-5-13(16)14(17)6-12/h4-6,8-9,18H,7H2,1-3H3. The number of aryl methyl sites for hydroxylation is 1. The van der Waals surface area contributed by atoms with Gasteiger partial charge in [-0.05, 0) is 35.0 Å². The fourth-order valence-electron chi connectivity index (χ4n) is 1.65. The average Bonchev–Trinajstić information content (AvgIpc) is 2.42. The minimum atomic E-state index is -0.387. The van der Waals surface area contributed by atoms with Gasteiger partial charge in [0.1, 0.15) is 11.6 Å². The van der Waals surface area contributed by atoms with Gasteiger partial charge in [-0.2, -0.15) is 4.98 Å². The summed E-state index contributed by atoms with van der Waals surface area (Å²) >= 11 is 3.10. The summed E-state index contributed by atoms with van der Waals surface area (Å²) in [5.74, 6) is -0.0230. The molecule has 0 bridgehead atoms. The fraction of sp³-hybridized carbons (Fsp3) is 0.333. The van der Waals surface area contributed by atoms with Crippen molar-refractivity contribution in [3.8, 4) is 11.8 Å². The second-order valence-corrected chi connectivity index (χ2v) is 5.83.